The van der Waals surface area contributed by atoms with Crippen LogP contribution in [-0.4, -0.2) is 22.6 Å². The van der Waals surface area contributed by atoms with E-state index in [2.05, 4.69) is 162 Å². The Kier molecular flexibility index (Phi) is 8.08. The van der Waals surface area contributed by atoms with Crippen LogP contribution in [0.4, 0.5) is 11.4 Å². The molecule has 1 atom stereocenters. The second-order valence-electron chi connectivity index (χ2n) is 14.2. The molecule has 1 aromatic heterocycles. The summed E-state index contributed by atoms with van der Waals surface area (Å²) in [5, 5.41) is 8.63. The lowest BCUT2D eigenvalue weighted by Gasteiger charge is -2.35. The number of allylic oxidation sites excluding steroid dienone is 3. The van der Waals surface area contributed by atoms with Gasteiger partial charge in [-0.05, 0) is 120 Å². The van der Waals surface area contributed by atoms with Gasteiger partial charge in [0.1, 0.15) is 0 Å². The summed E-state index contributed by atoms with van der Waals surface area (Å²) < 4.78 is 2.50. The maximum Gasteiger partial charge on any atom is 0.0562 e. The molecule has 4 nitrogen and oxygen atoms in total. The van der Waals surface area contributed by atoms with Crippen LogP contribution in [0.3, 0.4) is 0 Å². The maximum absolute atomic E-state index is 6.87. The number of nitrogen functional groups attached to an aromatic ring is 1. The third-order valence-corrected chi connectivity index (χ3v) is 11.3. The molecule has 0 amide bonds. The van der Waals surface area contributed by atoms with Crippen molar-refractivity contribution in [3.05, 3.63) is 161 Å². The lowest BCUT2D eigenvalue weighted by molar-refractivity contribution is 0.287. The van der Waals surface area contributed by atoms with Crippen LogP contribution in [0.15, 0.2) is 139 Å². The number of fused-ring (bicyclic) bond motifs is 5. The maximum atomic E-state index is 6.87. The first-order chi connectivity index (χ1) is 25.2. The Morgan fingerprint density at radius 2 is 1.45 bits per heavy atom. The van der Waals surface area contributed by atoms with Crippen molar-refractivity contribution in [1.82, 2.24) is 9.47 Å². The molecule has 0 bridgehead atoms. The van der Waals surface area contributed by atoms with E-state index in [1.54, 1.807) is 0 Å². The van der Waals surface area contributed by atoms with Crippen LogP contribution in [0.2, 0.25) is 0 Å². The monoisotopic (exact) mass is 664 g/mol. The van der Waals surface area contributed by atoms with Gasteiger partial charge in [-0.25, -0.2) is 0 Å². The number of nitrogens with two attached hydrogens (primary N) is 1. The SMILES string of the molecule is CN(/C(=C/Nc1ccc2ccccc2c1-c1c(N)ccc2ccccc12)C1=Cc2c(c3c(n2-c2ccccc2)C=CCC3)CC1)C1CC=CCC1. The van der Waals surface area contributed by atoms with Crippen molar-refractivity contribution in [2.75, 3.05) is 18.1 Å². The minimum atomic E-state index is 0.437. The number of likely N-dealkylation sites (N-methyl/N-ethyl adjacent to an activating group) is 1. The molecule has 0 saturated carbocycles. The normalized spacial score (nSPS) is 16.9. The quantitative estimate of drug-likeness (QED) is 0.132. The number of hydrogen-bond acceptors (Lipinski definition) is 3. The summed E-state index contributed by atoms with van der Waals surface area (Å²) in [6, 6.07) is 37.2. The molecule has 3 N–H and O–H groups in total. The topological polar surface area (TPSA) is 46.2 Å². The van der Waals surface area contributed by atoms with Gasteiger partial charge in [0.05, 0.1) is 11.4 Å². The molecule has 0 spiro atoms. The molecule has 3 aliphatic carbocycles. The van der Waals surface area contributed by atoms with Crippen molar-refractivity contribution >= 4 is 45.1 Å². The summed E-state index contributed by atoms with van der Waals surface area (Å²) in [7, 11) is 2.29. The van der Waals surface area contributed by atoms with Gasteiger partial charge in [0.25, 0.3) is 0 Å². The van der Waals surface area contributed by atoms with Crippen LogP contribution in [-0.2, 0) is 12.8 Å². The highest BCUT2D eigenvalue weighted by molar-refractivity contribution is 6.13. The first-order valence-electron chi connectivity index (χ1n) is 18.5. The predicted octanol–water partition coefficient (Wildman–Crippen LogP) is 11.3. The van der Waals surface area contributed by atoms with Gasteiger partial charge in [0, 0.05) is 53.2 Å². The van der Waals surface area contributed by atoms with E-state index in [1.165, 1.54) is 55.6 Å². The van der Waals surface area contributed by atoms with Crippen molar-refractivity contribution in [3.8, 4) is 16.8 Å². The molecule has 252 valence electrons. The van der Waals surface area contributed by atoms with E-state index in [1.807, 2.05) is 0 Å². The minimum Gasteiger partial charge on any atom is -0.398 e. The molecule has 51 heavy (non-hydrogen) atoms. The molecule has 4 heteroatoms. The fraction of sp³-hybridized carbons (Fsp3) is 0.191. The summed E-state index contributed by atoms with van der Waals surface area (Å²) in [5.41, 5.74) is 20.5. The molecule has 1 unspecified atom stereocenters. The summed E-state index contributed by atoms with van der Waals surface area (Å²) in [6.45, 7) is 0. The molecule has 0 fully saturated rings. The number of para-hydroxylation sites is 1. The smallest absolute Gasteiger partial charge is 0.0562 e. The molecule has 0 radical (unpaired) electrons. The molecule has 5 aromatic carbocycles. The van der Waals surface area contributed by atoms with Crippen LogP contribution >= 0.6 is 0 Å². The molecule has 3 aliphatic rings. The lowest BCUT2D eigenvalue weighted by atomic mass is 9.89. The lowest BCUT2D eigenvalue weighted by Crippen LogP contribution is -2.33. The number of nitrogens with zero attached hydrogens (tertiary/aromatic N) is 2. The number of nitrogens with one attached hydrogen (secondary N) is 1. The average Bonchev–Trinajstić information content (AvgIpc) is 3.52. The van der Waals surface area contributed by atoms with Gasteiger partial charge in [-0.1, -0.05) is 97.1 Å². The van der Waals surface area contributed by atoms with Gasteiger partial charge in [-0.2, -0.15) is 0 Å². The number of benzene rings is 5. The highest BCUT2D eigenvalue weighted by Crippen LogP contribution is 2.44. The Morgan fingerprint density at radius 1 is 0.725 bits per heavy atom. The van der Waals surface area contributed by atoms with Crippen molar-refractivity contribution in [2.45, 2.75) is 51.0 Å². The summed E-state index contributed by atoms with van der Waals surface area (Å²) in [5.74, 6) is 0. The Hall–Kier alpha value is -5.74. The Bertz CT molecular complexity index is 2400. The minimum absolute atomic E-state index is 0.437. The standard InChI is InChI=1S/C47H44N4/c1-50(35-16-4-2-5-17-35)45(34-24-27-40-39-22-12-13-23-43(39)51(44(40)30-34)36-18-6-3-7-19-36)31-49-42-29-26-33-15-9-11-21-38(33)47(42)46-37-20-10-8-14-32(37)25-28-41(46)48/h2-4,6-11,13-15,18-21,23,25-26,28-31,35,49H,5,12,16-17,22,24,27,48H2,1H3/b45-31+. The van der Waals surface area contributed by atoms with E-state index in [9.17, 15) is 0 Å². The van der Waals surface area contributed by atoms with Gasteiger partial charge < -0.3 is 20.5 Å². The van der Waals surface area contributed by atoms with E-state index in [0.717, 1.165) is 72.8 Å². The van der Waals surface area contributed by atoms with E-state index in [4.69, 9.17) is 5.73 Å². The van der Waals surface area contributed by atoms with Gasteiger partial charge in [-0.3, -0.25) is 0 Å². The highest BCUT2D eigenvalue weighted by atomic mass is 15.2. The predicted molar refractivity (Wildman–Crippen MR) is 217 cm³/mol. The molecule has 0 saturated heterocycles. The largest absolute Gasteiger partial charge is 0.398 e. The fourth-order valence-electron chi connectivity index (χ4n) is 8.69. The average molecular weight is 665 g/mol. The molecular weight excluding hydrogens is 621 g/mol. The van der Waals surface area contributed by atoms with Crippen molar-refractivity contribution < 1.29 is 0 Å². The zero-order chi connectivity index (χ0) is 34.3. The number of aromatic nitrogens is 1. The summed E-state index contributed by atoms with van der Waals surface area (Å²) in [6.07, 6.45) is 21.7. The third kappa shape index (κ3) is 5.56. The number of hydrogen-bond donors (Lipinski definition) is 2. The summed E-state index contributed by atoms with van der Waals surface area (Å²) >= 11 is 0. The van der Waals surface area contributed by atoms with E-state index < -0.39 is 0 Å². The van der Waals surface area contributed by atoms with Crippen molar-refractivity contribution in [3.63, 3.8) is 0 Å². The molecule has 0 aliphatic heterocycles. The second kappa shape index (κ2) is 13.2. The second-order valence-corrected chi connectivity index (χ2v) is 14.2. The van der Waals surface area contributed by atoms with Gasteiger partial charge in [-0.15, -0.1) is 0 Å². The third-order valence-electron chi connectivity index (χ3n) is 11.3. The van der Waals surface area contributed by atoms with E-state index >= 15 is 0 Å². The zero-order valence-corrected chi connectivity index (χ0v) is 29.3. The Morgan fingerprint density at radius 3 is 2.24 bits per heavy atom. The molecular formula is C47H44N4. The van der Waals surface area contributed by atoms with E-state index in [-0.39, 0.29) is 0 Å². The van der Waals surface area contributed by atoms with Crippen LogP contribution in [0.1, 0.15) is 54.6 Å². The first kappa shape index (κ1) is 31.3. The van der Waals surface area contributed by atoms with Crippen LogP contribution in [0.25, 0.3) is 50.5 Å². The van der Waals surface area contributed by atoms with Gasteiger partial charge >= 0.3 is 0 Å². The van der Waals surface area contributed by atoms with Crippen LogP contribution in [0.5, 0.6) is 0 Å². The fourth-order valence-corrected chi connectivity index (χ4v) is 8.69. The van der Waals surface area contributed by atoms with Gasteiger partial charge in [0.2, 0.25) is 0 Å². The number of anilines is 2. The zero-order valence-electron chi connectivity index (χ0n) is 29.3. The van der Waals surface area contributed by atoms with E-state index in [0.29, 0.717) is 6.04 Å². The summed E-state index contributed by atoms with van der Waals surface area (Å²) in [4.78, 5) is 2.54. The molecule has 6 aromatic rings. The van der Waals surface area contributed by atoms with Crippen molar-refractivity contribution in [1.29, 1.82) is 0 Å². The van der Waals surface area contributed by atoms with Crippen LogP contribution in [0, 0.1) is 0 Å². The van der Waals surface area contributed by atoms with Crippen molar-refractivity contribution in [2.24, 2.45) is 0 Å². The molecule has 1 heterocycles. The Balaban J connectivity index is 1.21. The first-order valence-corrected chi connectivity index (χ1v) is 18.5. The van der Waals surface area contributed by atoms with Gasteiger partial charge in [0.15, 0.2) is 0 Å². The molecule has 9 rings (SSSR count). The highest BCUT2D eigenvalue weighted by Gasteiger charge is 2.28. The van der Waals surface area contributed by atoms with Crippen LogP contribution < -0.4 is 11.1 Å². The Labute approximate surface area is 300 Å². The number of rotatable bonds is 7.